The Bertz CT molecular complexity index is 1100. The largest absolute Gasteiger partial charge is 0.462 e. The maximum absolute atomic E-state index is 12.8. The predicted molar refractivity (Wildman–Crippen MR) is 256 cm³/mol. The highest BCUT2D eigenvalue weighted by Crippen LogP contribution is 2.13. The van der Waals surface area contributed by atoms with Crippen LogP contribution in [0.5, 0.6) is 0 Å². The summed E-state index contributed by atoms with van der Waals surface area (Å²) in [6, 6.07) is 0. The van der Waals surface area contributed by atoms with Crippen LogP contribution >= 0.6 is 0 Å². The molecule has 1 atom stereocenters. The third-order valence-corrected chi connectivity index (χ3v) is 10.8. The monoisotopic (exact) mass is 839 g/mol. The molecule has 0 saturated heterocycles. The van der Waals surface area contributed by atoms with Crippen molar-refractivity contribution in [1.82, 2.24) is 0 Å². The lowest BCUT2D eigenvalue weighted by atomic mass is 10.1. The summed E-state index contributed by atoms with van der Waals surface area (Å²) in [5.41, 5.74) is 0. The molecule has 0 fully saturated rings. The number of ether oxygens (including phenoxy) is 3. The van der Waals surface area contributed by atoms with E-state index in [1.54, 1.807) is 0 Å². The molecule has 60 heavy (non-hydrogen) atoms. The summed E-state index contributed by atoms with van der Waals surface area (Å²) in [5.74, 6) is -0.951. The van der Waals surface area contributed by atoms with Gasteiger partial charge in [0.2, 0.25) is 0 Å². The Labute approximate surface area is 370 Å². The number of esters is 3. The molecule has 0 rings (SSSR count). The van der Waals surface area contributed by atoms with Gasteiger partial charge in [0.05, 0.1) is 0 Å². The second-order valence-corrected chi connectivity index (χ2v) is 16.7. The summed E-state index contributed by atoms with van der Waals surface area (Å²) in [4.78, 5) is 37.9. The molecule has 346 valence electrons. The van der Waals surface area contributed by atoms with E-state index < -0.39 is 6.10 Å². The second kappa shape index (κ2) is 48.8. The summed E-state index contributed by atoms with van der Waals surface area (Å²) >= 11 is 0. The van der Waals surface area contributed by atoms with Crippen LogP contribution in [-0.4, -0.2) is 37.2 Å². The van der Waals surface area contributed by atoms with Gasteiger partial charge in [0.15, 0.2) is 6.10 Å². The van der Waals surface area contributed by atoms with Crippen molar-refractivity contribution in [1.29, 1.82) is 0 Å². The highest BCUT2D eigenvalue weighted by molar-refractivity contribution is 5.71. The van der Waals surface area contributed by atoms with Crippen LogP contribution in [0.15, 0.2) is 60.8 Å². The van der Waals surface area contributed by atoms with E-state index in [4.69, 9.17) is 14.2 Å². The molecule has 0 aromatic heterocycles. The molecule has 0 saturated carbocycles. The molecular weight excluding hydrogens is 745 g/mol. The van der Waals surface area contributed by atoms with Crippen molar-refractivity contribution >= 4 is 17.9 Å². The summed E-state index contributed by atoms with van der Waals surface area (Å²) < 4.78 is 16.7. The maximum Gasteiger partial charge on any atom is 0.306 e. The first-order valence-electron chi connectivity index (χ1n) is 25.3. The Kier molecular flexibility index (Phi) is 46.4. The predicted octanol–water partition coefficient (Wildman–Crippen LogP) is 16.5. The van der Waals surface area contributed by atoms with Crippen molar-refractivity contribution in [2.75, 3.05) is 13.2 Å². The molecule has 0 radical (unpaired) electrons. The van der Waals surface area contributed by atoms with Crippen LogP contribution in [0.4, 0.5) is 0 Å². The van der Waals surface area contributed by atoms with Gasteiger partial charge in [-0.15, -0.1) is 0 Å². The Morgan fingerprint density at radius 3 is 1.13 bits per heavy atom. The molecule has 0 aromatic carbocycles. The number of carbonyl (C=O) groups excluding carboxylic acids is 3. The molecule has 0 spiro atoms. The van der Waals surface area contributed by atoms with Gasteiger partial charge in [-0.25, -0.2) is 0 Å². The van der Waals surface area contributed by atoms with Gasteiger partial charge in [-0.1, -0.05) is 191 Å². The molecule has 0 aliphatic rings. The zero-order valence-electron chi connectivity index (χ0n) is 39.5. The van der Waals surface area contributed by atoms with Crippen molar-refractivity contribution in [3.05, 3.63) is 60.8 Å². The first kappa shape index (κ1) is 57.1. The molecule has 6 nitrogen and oxygen atoms in total. The van der Waals surface area contributed by atoms with Crippen LogP contribution in [0.25, 0.3) is 0 Å². The van der Waals surface area contributed by atoms with Crippen molar-refractivity contribution in [3.63, 3.8) is 0 Å². The smallest absolute Gasteiger partial charge is 0.306 e. The maximum atomic E-state index is 12.8. The Morgan fingerprint density at radius 1 is 0.367 bits per heavy atom. The lowest BCUT2D eigenvalue weighted by Gasteiger charge is -2.18. The number of carbonyl (C=O) groups is 3. The first-order chi connectivity index (χ1) is 29.5. The molecule has 0 N–H and O–H groups in total. The van der Waals surface area contributed by atoms with E-state index in [0.717, 1.165) is 116 Å². The van der Waals surface area contributed by atoms with E-state index in [2.05, 4.69) is 81.5 Å². The topological polar surface area (TPSA) is 78.9 Å². The molecule has 0 aliphatic carbocycles. The molecule has 0 bridgehead atoms. The minimum absolute atomic E-state index is 0.0962. The quantitative estimate of drug-likeness (QED) is 0.0200. The lowest BCUT2D eigenvalue weighted by Crippen LogP contribution is -2.30. The van der Waals surface area contributed by atoms with E-state index in [1.807, 2.05) is 0 Å². The van der Waals surface area contributed by atoms with Crippen LogP contribution in [0, 0.1) is 0 Å². The van der Waals surface area contributed by atoms with Gasteiger partial charge in [-0.2, -0.15) is 0 Å². The first-order valence-corrected chi connectivity index (χ1v) is 25.3. The van der Waals surface area contributed by atoms with E-state index in [-0.39, 0.29) is 31.1 Å². The lowest BCUT2D eigenvalue weighted by molar-refractivity contribution is -0.167. The van der Waals surface area contributed by atoms with Gasteiger partial charge in [0, 0.05) is 19.3 Å². The molecular formula is C54H94O6. The van der Waals surface area contributed by atoms with Crippen LogP contribution in [0.2, 0.25) is 0 Å². The second-order valence-electron chi connectivity index (χ2n) is 16.7. The summed E-state index contributed by atoms with van der Waals surface area (Å²) in [7, 11) is 0. The highest BCUT2D eigenvalue weighted by atomic mass is 16.6. The van der Waals surface area contributed by atoms with Gasteiger partial charge in [0.1, 0.15) is 13.2 Å². The minimum atomic E-state index is -0.797. The standard InChI is InChI=1S/C54H94O6/c1-4-7-10-13-16-19-22-25-27-28-30-32-35-38-41-44-47-53(56)59-50-51(49-58-52(55)46-43-40-37-34-31-24-21-18-15-12-9-6-3)60-54(57)48-45-42-39-36-33-29-26-23-20-17-14-11-8-5-2/h9,12,18,21,27-30,32-33,51H,4-8,10-11,13-17,19-20,22-26,31,34-50H2,1-3H3/b12-9-,21-18-,28-27-,32-30-,33-29-. The van der Waals surface area contributed by atoms with E-state index in [9.17, 15) is 14.4 Å². The number of hydrogen-bond donors (Lipinski definition) is 0. The number of hydrogen-bond acceptors (Lipinski definition) is 6. The van der Waals surface area contributed by atoms with Crippen LogP contribution in [0.3, 0.4) is 0 Å². The van der Waals surface area contributed by atoms with Crippen LogP contribution < -0.4 is 0 Å². The Balaban J connectivity index is 4.45. The zero-order chi connectivity index (χ0) is 43.7. The van der Waals surface area contributed by atoms with E-state index in [0.29, 0.717) is 19.3 Å². The minimum Gasteiger partial charge on any atom is -0.462 e. The van der Waals surface area contributed by atoms with Crippen LogP contribution in [-0.2, 0) is 28.6 Å². The molecule has 0 heterocycles. The third-order valence-electron chi connectivity index (χ3n) is 10.8. The number of rotatable bonds is 45. The third kappa shape index (κ3) is 46.2. The van der Waals surface area contributed by atoms with Crippen molar-refractivity contribution < 1.29 is 28.6 Å². The average molecular weight is 839 g/mol. The fourth-order valence-electron chi connectivity index (χ4n) is 6.93. The summed E-state index contributed by atoms with van der Waals surface area (Å²) in [6.45, 7) is 6.47. The van der Waals surface area contributed by atoms with Crippen molar-refractivity contribution in [3.8, 4) is 0 Å². The number of allylic oxidation sites excluding steroid dienone is 10. The normalized spacial score (nSPS) is 12.5. The van der Waals surface area contributed by atoms with Crippen molar-refractivity contribution in [2.24, 2.45) is 0 Å². The van der Waals surface area contributed by atoms with Crippen molar-refractivity contribution in [2.45, 2.75) is 252 Å². The van der Waals surface area contributed by atoms with Gasteiger partial charge in [-0.05, 0) is 96.3 Å². The molecule has 0 aliphatic heterocycles. The van der Waals surface area contributed by atoms with E-state index in [1.165, 1.54) is 89.9 Å². The number of unbranched alkanes of at least 4 members (excludes halogenated alkanes) is 25. The summed E-state index contributed by atoms with van der Waals surface area (Å²) in [6.07, 6.45) is 59.2. The van der Waals surface area contributed by atoms with Gasteiger partial charge in [-0.3, -0.25) is 14.4 Å². The van der Waals surface area contributed by atoms with Gasteiger partial charge in [0.25, 0.3) is 0 Å². The fourth-order valence-corrected chi connectivity index (χ4v) is 6.93. The van der Waals surface area contributed by atoms with E-state index >= 15 is 0 Å². The molecule has 1 unspecified atom stereocenters. The Hall–Kier alpha value is -2.89. The van der Waals surface area contributed by atoms with Crippen LogP contribution in [0.1, 0.15) is 245 Å². The average Bonchev–Trinajstić information content (AvgIpc) is 3.24. The molecule has 0 amide bonds. The SMILES string of the molecule is CC/C=C\C/C=C\CCCCCCCC(=O)OCC(COC(=O)CCCCC/C=C\C=C/CCCCCCCCC)OC(=O)CCCCC/C=C\CCCCCCCCC. The fraction of sp³-hybridized carbons (Fsp3) is 0.759. The van der Waals surface area contributed by atoms with Gasteiger partial charge < -0.3 is 14.2 Å². The summed E-state index contributed by atoms with van der Waals surface area (Å²) in [5, 5.41) is 0. The molecule has 6 heteroatoms. The Morgan fingerprint density at radius 2 is 0.700 bits per heavy atom. The zero-order valence-corrected chi connectivity index (χ0v) is 39.5. The highest BCUT2D eigenvalue weighted by Gasteiger charge is 2.19. The van der Waals surface area contributed by atoms with Gasteiger partial charge >= 0.3 is 17.9 Å². The molecule has 0 aromatic rings.